The molecule has 5 heteroatoms. The van der Waals surface area contributed by atoms with Crippen molar-refractivity contribution < 1.29 is 4.42 Å². The first-order valence-electron chi connectivity index (χ1n) is 18.7. The van der Waals surface area contributed by atoms with Gasteiger partial charge in [0.1, 0.15) is 11.2 Å². The highest BCUT2D eigenvalue weighted by atomic mass is 32.1. The van der Waals surface area contributed by atoms with E-state index in [2.05, 4.69) is 127 Å². The standard InChI is InChI=1S/C51H31N3OS/c1-4-14-32(15-5-1)38-23-13-27-45-47(38)42-25-11-24-40(48(42)56-45)36-28-29-41-44(31-36)55-43-26-12-22-39(46(41)43)35-20-10-21-37(30-35)51-53-49(33-16-6-2-7-17-33)52-50(54-51)34-18-8-3-9-19-34/h1-31H. The highest BCUT2D eigenvalue weighted by Gasteiger charge is 2.18. The Morgan fingerprint density at radius 2 is 0.875 bits per heavy atom. The van der Waals surface area contributed by atoms with Crippen LogP contribution in [0.25, 0.3) is 110 Å². The van der Waals surface area contributed by atoms with E-state index in [1.165, 1.54) is 36.9 Å². The van der Waals surface area contributed by atoms with E-state index in [9.17, 15) is 0 Å². The van der Waals surface area contributed by atoms with Crippen LogP contribution in [0.15, 0.2) is 192 Å². The molecule has 0 fully saturated rings. The highest BCUT2D eigenvalue weighted by molar-refractivity contribution is 7.26. The van der Waals surface area contributed by atoms with E-state index in [-0.39, 0.29) is 0 Å². The quantitative estimate of drug-likeness (QED) is 0.171. The minimum Gasteiger partial charge on any atom is -0.456 e. The summed E-state index contributed by atoms with van der Waals surface area (Å²) in [6.45, 7) is 0. The minimum atomic E-state index is 0.625. The van der Waals surface area contributed by atoms with Crippen molar-refractivity contribution in [2.45, 2.75) is 0 Å². The van der Waals surface area contributed by atoms with Crippen molar-refractivity contribution >= 4 is 53.4 Å². The highest BCUT2D eigenvalue weighted by Crippen LogP contribution is 2.45. The molecule has 0 saturated heterocycles. The summed E-state index contributed by atoms with van der Waals surface area (Å²) >= 11 is 1.86. The van der Waals surface area contributed by atoms with Gasteiger partial charge in [-0.05, 0) is 63.7 Å². The monoisotopic (exact) mass is 733 g/mol. The number of fused-ring (bicyclic) bond motifs is 6. The molecule has 0 N–H and O–H groups in total. The van der Waals surface area contributed by atoms with Crippen LogP contribution in [-0.4, -0.2) is 15.0 Å². The first-order valence-corrected chi connectivity index (χ1v) is 19.5. The Balaban J connectivity index is 1.02. The van der Waals surface area contributed by atoms with Gasteiger partial charge < -0.3 is 4.42 Å². The van der Waals surface area contributed by atoms with Crippen molar-refractivity contribution in [3.8, 4) is 67.5 Å². The van der Waals surface area contributed by atoms with Gasteiger partial charge in [-0.2, -0.15) is 0 Å². The van der Waals surface area contributed by atoms with Crippen molar-refractivity contribution in [3.63, 3.8) is 0 Å². The van der Waals surface area contributed by atoms with E-state index in [4.69, 9.17) is 19.4 Å². The third-order valence-corrected chi connectivity index (χ3v) is 11.8. The molecule has 0 aliphatic carbocycles. The van der Waals surface area contributed by atoms with Gasteiger partial charge in [-0.1, -0.05) is 158 Å². The average Bonchev–Trinajstić information content (AvgIpc) is 3.86. The Morgan fingerprint density at radius 3 is 1.59 bits per heavy atom. The molecule has 0 bridgehead atoms. The fourth-order valence-electron chi connectivity index (χ4n) is 7.93. The van der Waals surface area contributed by atoms with Gasteiger partial charge in [0.15, 0.2) is 17.5 Å². The summed E-state index contributed by atoms with van der Waals surface area (Å²) in [6.07, 6.45) is 0. The molecule has 8 aromatic carbocycles. The Labute approximate surface area is 327 Å². The second kappa shape index (κ2) is 13.3. The lowest BCUT2D eigenvalue weighted by Crippen LogP contribution is -2.00. The molecule has 0 amide bonds. The predicted molar refractivity (Wildman–Crippen MR) is 233 cm³/mol. The van der Waals surface area contributed by atoms with Crippen LogP contribution in [0.4, 0.5) is 0 Å². The van der Waals surface area contributed by atoms with Gasteiger partial charge in [0.2, 0.25) is 0 Å². The summed E-state index contributed by atoms with van der Waals surface area (Å²) in [7, 11) is 0. The smallest absolute Gasteiger partial charge is 0.164 e. The van der Waals surface area contributed by atoms with Crippen molar-refractivity contribution in [2.75, 3.05) is 0 Å². The third kappa shape index (κ3) is 5.48. The first kappa shape index (κ1) is 32.2. The van der Waals surface area contributed by atoms with Crippen molar-refractivity contribution in [3.05, 3.63) is 188 Å². The molecule has 0 atom stereocenters. The molecule has 11 aromatic rings. The molecule has 0 spiro atoms. The third-order valence-electron chi connectivity index (χ3n) is 10.5. The van der Waals surface area contributed by atoms with Crippen molar-refractivity contribution in [2.24, 2.45) is 0 Å². The molecule has 0 aliphatic heterocycles. The lowest BCUT2D eigenvalue weighted by molar-refractivity contribution is 0.669. The molecule has 0 saturated carbocycles. The SMILES string of the molecule is c1ccc(-c2nc(-c3ccccc3)nc(-c3cccc(-c4cccc5oc6cc(-c7cccc8c7sc7cccc(-c9ccccc9)c78)ccc6c45)c3)n2)cc1. The zero-order valence-corrected chi connectivity index (χ0v) is 30.9. The van der Waals surface area contributed by atoms with E-state index < -0.39 is 0 Å². The minimum absolute atomic E-state index is 0.625. The predicted octanol–water partition coefficient (Wildman–Crippen LogP) is 14.1. The summed E-state index contributed by atoms with van der Waals surface area (Å²) in [5, 5.41) is 4.75. The van der Waals surface area contributed by atoms with E-state index >= 15 is 0 Å². The Kier molecular flexibility index (Phi) is 7.64. The van der Waals surface area contributed by atoms with Gasteiger partial charge in [0.25, 0.3) is 0 Å². The molecular weight excluding hydrogens is 703 g/mol. The van der Waals surface area contributed by atoms with E-state index in [1.54, 1.807) is 0 Å². The van der Waals surface area contributed by atoms with E-state index in [0.717, 1.165) is 55.3 Å². The average molecular weight is 734 g/mol. The zero-order valence-electron chi connectivity index (χ0n) is 30.1. The summed E-state index contributed by atoms with van der Waals surface area (Å²) in [4.78, 5) is 14.9. The summed E-state index contributed by atoms with van der Waals surface area (Å²) in [6, 6.07) is 65.6. The van der Waals surface area contributed by atoms with Gasteiger partial charge in [-0.3, -0.25) is 0 Å². The fraction of sp³-hybridized carbons (Fsp3) is 0. The summed E-state index contributed by atoms with van der Waals surface area (Å²) in [5.74, 6) is 1.91. The maximum Gasteiger partial charge on any atom is 0.164 e. The van der Waals surface area contributed by atoms with Crippen LogP contribution in [0, 0.1) is 0 Å². The first-order chi connectivity index (χ1) is 27.7. The van der Waals surface area contributed by atoms with Crippen LogP contribution in [0.5, 0.6) is 0 Å². The lowest BCUT2D eigenvalue weighted by atomic mass is 9.96. The van der Waals surface area contributed by atoms with Gasteiger partial charge in [0.05, 0.1) is 0 Å². The summed E-state index contributed by atoms with van der Waals surface area (Å²) < 4.78 is 9.21. The number of benzene rings is 8. The Morgan fingerprint density at radius 1 is 0.339 bits per heavy atom. The lowest BCUT2D eigenvalue weighted by Gasteiger charge is -2.10. The molecule has 56 heavy (non-hydrogen) atoms. The second-order valence-corrected chi connectivity index (χ2v) is 15.0. The molecule has 4 nitrogen and oxygen atoms in total. The van der Waals surface area contributed by atoms with Gasteiger partial charge in [0, 0.05) is 47.6 Å². The number of furan rings is 1. The maximum atomic E-state index is 6.64. The van der Waals surface area contributed by atoms with Crippen molar-refractivity contribution in [1.29, 1.82) is 0 Å². The fourth-order valence-corrected chi connectivity index (χ4v) is 9.20. The molecular formula is C51H31N3OS. The van der Waals surface area contributed by atoms with Crippen LogP contribution < -0.4 is 0 Å². The second-order valence-electron chi connectivity index (χ2n) is 13.9. The van der Waals surface area contributed by atoms with Gasteiger partial charge >= 0.3 is 0 Å². The number of nitrogens with zero attached hydrogens (tertiary/aromatic N) is 3. The molecule has 0 aliphatic rings. The summed E-state index contributed by atoms with van der Waals surface area (Å²) in [5.41, 5.74) is 11.5. The number of rotatable bonds is 6. The Bertz CT molecular complexity index is 3180. The van der Waals surface area contributed by atoms with Gasteiger partial charge in [-0.15, -0.1) is 11.3 Å². The molecule has 11 rings (SSSR count). The molecule has 3 heterocycles. The van der Waals surface area contributed by atoms with E-state index in [0.29, 0.717) is 17.5 Å². The van der Waals surface area contributed by atoms with Crippen LogP contribution >= 0.6 is 11.3 Å². The number of hydrogen-bond acceptors (Lipinski definition) is 5. The van der Waals surface area contributed by atoms with E-state index in [1.807, 2.05) is 72.0 Å². The molecule has 262 valence electrons. The number of thiophene rings is 1. The molecule has 0 radical (unpaired) electrons. The molecule has 0 unspecified atom stereocenters. The van der Waals surface area contributed by atoms with Crippen LogP contribution in [0.2, 0.25) is 0 Å². The van der Waals surface area contributed by atoms with Crippen molar-refractivity contribution in [1.82, 2.24) is 15.0 Å². The normalized spacial score (nSPS) is 11.6. The van der Waals surface area contributed by atoms with Crippen LogP contribution in [0.3, 0.4) is 0 Å². The van der Waals surface area contributed by atoms with Crippen LogP contribution in [-0.2, 0) is 0 Å². The number of hydrogen-bond donors (Lipinski definition) is 0. The Hall–Kier alpha value is -7.21. The zero-order chi connectivity index (χ0) is 37.0. The maximum absolute atomic E-state index is 6.64. The van der Waals surface area contributed by atoms with Crippen LogP contribution in [0.1, 0.15) is 0 Å². The van der Waals surface area contributed by atoms with Gasteiger partial charge in [-0.25, -0.2) is 15.0 Å². The largest absolute Gasteiger partial charge is 0.456 e. The molecule has 3 aromatic heterocycles. The topological polar surface area (TPSA) is 51.8 Å². The number of aromatic nitrogens is 3.